The predicted octanol–water partition coefficient (Wildman–Crippen LogP) is 3.08. The maximum absolute atomic E-state index is 12.4. The molecule has 2 amide bonds. The molecule has 1 aromatic carbocycles. The summed E-state index contributed by atoms with van der Waals surface area (Å²) in [7, 11) is 0. The van der Waals surface area contributed by atoms with Gasteiger partial charge in [-0.1, -0.05) is 45.9 Å². The highest BCUT2D eigenvalue weighted by atomic mass is 16.2. The molecule has 0 radical (unpaired) electrons. The lowest BCUT2D eigenvalue weighted by atomic mass is 9.86. The van der Waals surface area contributed by atoms with Crippen molar-refractivity contribution in [3.63, 3.8) is 0 Å². The molecule has 0 aliphatic heterocycles. The topological polar surface area (TPSA) is 58.2 Å². The molecule has 2 N–H and O–H groups in total. The zero-order chi connectivity index (χ0) is 16.3. The fourth-order valence-electron chi connectivity index (χ4n) is 2.63. The highest BCUT2D eigenvalue weighted by Gasteiger charge is 2.48. The predicted molar refractivity (Wildman–Crippen MR) is 88.7 cm³/mol. The van der Waals surface area contributed by atoms with Crippen LogP contribution in [0.5, 0.6) is 0 Å². The number of para-hydroxylation sites is 1. The van der Waals surface area contributed by atoms with Gasteiger partial charge in [0.1, 0.15) is 0 Å². The van der Waals surface area contributed by atoms with E-state index in [-0.39, 0.29) is 29.1 Å². The monoisotopic (exact) mass is 302 g/mol. The molecule has 120 valence electrons. The van der Waals surface area contributed by atoms with Crippen LogP contribution in [-0.2, 0) is 15.0 Å². The summed E-state index contributed by atoms with van der Waals surface area (Å²) in [6, 6.07) is 7.86. The van der Waals surface area contributed by atoms with Crippen molar-refractivity contribution in [1.29, 1.82) is 0 Å². The van der Waals surface area contributed by atoms with Crippen LogP contribution in [-0.4, -0.2) is 18.4 Å². The maximum atomic E-state index is 12.4. The number of benzene rings is 1. The summed E-state index contributed by atoms with van der Waals surface area (Å²) < 4.78 is 0. The molecule has 4 heteroatoms. The number of carbonyl (C=O) groups excluding carboxylic acids is 2. The third-order valence-electron chi connectivity index (χ3n) is 4.01. The molecular weight excluding hydrogens is 276 g/mol. The molecule has 0 heterocycles. The number of hydrogen-bond acceptors (Lipinski definition) is 2. The Balaban J connectivity index is 1.99. The molecular formula is C18H26N2O2. The van der Waals surface area contributed by atoms with Gasteiger partial charge in [-0.05, 0) is 29.9 Å². The largest absolute Gasteiger partial charge is 0.356 e. The lowest BCUT2D eigenvalue weighted by molar-refractivity contribution is -0.125. The smallest absolute Gasteiger partial charge is 0.228 e. The van der Waals surface area contributed by atoms with Crippen LogP contribution in [0.3, 0.4) is 0 Å². The molecule has 1 fully saturated rings. The normalized spacial score (nSPS) is 20.4. The molecule has 2 atom stereocenters. The minimum atomic E-state index is -0.190. The van der Waals surface area contributed by atoms with Gasteiger partial charge in [0.25, 0.3) is 0 Å². The Hall–Kier alpha value is -1.84. The minimum absolute atomic E-state index is 0.00565. The molecule has 0 spiro atoms. The number of nitrogens with one attached hydrogen (secondary N) is 2. The van der Waals surface area contributed by atoms with Crippen LogP contribution in [0.25, 0.3) is 0 Å². The third kappa shape index (κ3) is 3.87. The third-order valence-corrected chi connectivity index (χ3v) is 4.01. The Bertz CT molecular complexity index is 560. The zero-order valence-corrected chi connectivity index (χ0v) is 13.9. The van der Waals surface area contributed by atoms with Gasteiger partial charge >= 0.3 is 0 Å². The summed E-state index contributed by atoms with van der Waals surface area (Å²) in [5, 5.41) is 5.86. The van der Waals surface area contributed by atoms with E-state index in [1.54, 1.807) is 0 Å². The van der Waals surface area contributed by atoms with E-state index in [4.69, 9.17) is 0 Å². The highest BCUT2D eigenvalue weighted by Crippen LogP contribution is 2.40. The fraction of sp³-hybridized carbons (Fsp3) is 0.556. The first-order valence-electron chi connectivity index (χ1n) is 8.02. The first kappa shape index (κ1) is 16.5. The second kappa shape index (κ2) is 6.51. The van der Waals surface area contributed by atoms with E-state index >= 15 is 0 Å². The first-order valence-corrected chi connectivity index (χ1v) is 8.02. The van der Waals surface area contributed by atoms with Gasteiger partial charge in [0.05, 0.1) is 11.8 Å². The van der Waals surface area contributed by atoms with E-state index in [2.05, 4.69) is 31.4 Å². The quantitative estimate of drug-likeness (QED) is 0.878. The Kier molecular flexibility index (Phi) is 4.89. The van der Waals surface area contributed by atoms with Gasteiger partial charge in [-0.2, -0.15) is 0 Å². The SMILES string of the molecule is CCCNC(=O)C1CC1C(=O)Nc1ccccc1C(C)(C)C. The standard InChI is InChI=1S/C18H26N2O2/c1-5-10-19-16(21)12-11-13(12)17(22)20-15-9-7-6-8-14(15)18(2,3)4/h6-9,12-13H,5,10-11H2,1-4H3,(H,19,21)(H,20,22). The molecule has 1 aliphatic carbocycles. The number of amides is 2. The fourth-order valence-corrected chi connectivity index (χ4v) is 2.63. The average Bonchev–Trinajstić information content (AvgIpc) is 3.24. The van der Waals surface area contributed by atoms with Gasteiger partial charge in [0.15, 0.2) is 0 Å². The summed E-state index contributed by atoms with van der Waals surface area (Å²) in [5.74, 6) is -0.391. The zero-order valence-electron chi connectivity index (χ0n) is 13.9. The highest BCUT2D eigenvalue weighted by molar-refractivity contribution is 6.00. The minimum Gasteiger partial charge on any atom is -0.356 e. The van der Waals surface area contributed by atoms with Crippen LogP contribution in [0.15, 0.2) is 24.3 Å². The summed E-state index contributed by atoms with van der Waals surface area (Å²) in [4.78, 5) is 24.2. The van der Waals surface area contributed by atoms with Crippen LogP contribution >= 0.6 is 0 Å². The van der Waals surface area contributed by atoms with Crippen molar-refractivity contribution in [2.75, 3.05) is 11.9 Å². The molecule has 1 saturated carbocycles. The molecule has 0 saturated heterocycles. The molecule has 0 aromatic heterocycles. The summed E-state index contributed by atoms with van der Waals surface area (Å²) >= 11 is 0. The summed E-state index contributed by atoms with van der Waals surface area (Å²) in [6.45, 7) is 9.06. The van der Waals surface area contributed by atoms with E-state index < -0.39 is 0 Å². The van der Waals surface area contributed by atoms with Crippen molar-refractivity contribution in [3.8, 4) is 0 Å². The van der Waals surface area contributed by atoms with Crippen LogP contribution in [0, 0.1) is 11.8 Å². The van der Waals surface area contributed by atoms with Gasteiger partial charge in [-0.3, -0.25) is 9.59 Å². The van der Waals surface area contributed by atoms with Crippen LogP contribution < -0.4 is 10.6 Å². The van der Waals surface area contributed by atoms with E-state index in [1.807, 2.05) is 31.2 Å². The van der Waals surface area contributed by atoms with Crippen molar-refractivity contribution < 1.29 is 9.59 Å². The Labute approximate surface area is 132 Å². The molecule has 2 rings (SSSR count). The second-order valence-electron chi connectivity index (χ2n) is 7.02. The lowest BCUT2D eigenvalue weighted by Gasteiger charge is -2.23. The van der Waals surface area contributed by atoms with Crippen molar-refractivity contribution in [2.45, 2.75) is 46.0 Å². The van der Waals surface area contributed by atoms with Crippen LogP contribution in [0.2, 0.25) is 0 Å². The molecule has 1 aliphatic rings. The van der Waals surface area contributed by atoms with E-state index in [1.165, 1.54) is 0 Å². The number of carbonyl (C=O) groups is 2. The van der Waals surface area contributed by atoms with E-state index in [9.17, 15) is 9.59 Å². The average molecular weight is 302 g/mol. The van der Waals surface area contributed by atoms with E-state index in [0.717, 1.165) is 17.7 Å². The van der Waals surface area contributed by atoms with Crippen molar-refractivity contribution in [2.24, 2.45) is 11.8 Å². The summed E-state index contributed by atoms with van der Waals surface area (Å²) in [5.41, 5.74) is 1.92. The molecule has 22 heavy (non-hydrogen) atoms. The number of rotatable bonds is 5. The van der Waals surface area contributed by atoms with Crippen molar-refractivity contribution in [1.82, 2.24) is 5.32 Å². The van der Waals surface area contributed by atoms with Gasteiger partial charge in [-0.25, -0.2) is 0 Å². The lowest BCUT2D eigenvalue weighted by Crippen LogP contribution is -2.28. The van der Waals surface area contributed by atoms with Gasteiger partial charge in [-0.15, -0.1) is 0 Å². The summed E-state index contributed by atoms with van der Waals surface area (Å²) in [6.07, 6.45) is 1.56. The van der Waals surface area contributed by atoms with Gasteiger partial charge in [0.2, 0.25) is 11.8 Å². The van der Waals surface area contributed by atoms with E-state index in [0.29, 0.717) is 13.0 Å². The first-order chi connectivity index (χ1) is 10.3. The van der Waals surface area contributed by atoms with Gasteiger partial charge in [0, 0.05) is 12.2 Å². The molecule has 1 aromatic rings. The number of anilines is 1. The van der Waals surface area contributed by atoms with Gasteiger partial charge < -0.3 is 10.6 Å². The Morgan fingerprint density at radius 1 is 1.14 bits per heavy atom. The number of hydrogen-bond donors (Lipinski definition) is 2. The second-order valence-corrected chi connectivity index (χ2v) is 7.02. The maximum Gasteiger partial charge on any atom is 0.228 e. The Morgan fingerprint density at radius 3 is 2.41 bits per heavy atom. The van der Waals surface area contributed by atoms with Crippen LogP contribution in [0.1, 0.15) is 46.1 Å². The van der Waals surface area contributed by atoms with Crippen molar-refractivity contribution >= 4 is 17.5 Å². The molecule has 2 unspecified atom stereocenters. The van der Waals surface area contributed by atoms with Crippen LogP contribution in [0.4, 0.5) is 5.69 Å². The Morgan fingerprint density at radius 2 is 1.77 bits per heavy atom. The van der Waals surface area contributed by atoms with Crippen molar-refractivity contribution in [3.05, 3.63) is 29.8 Å². The molecule has 4 nitrogen and oxygen atoms in total. The molecule has 0 bridgehead atoms.